The second-order valence-electron chi connectivity index (χ2n) is 5.76. The molecule has 0 aromatic heterocycles. The zero-order valence-electron chi connectivity index (χ0n) is 13.8. The number of hydrogen-bond acceptors (Lipinski definition) is 0. The summed E-state index contributed by atoms with van der Waals surface area (Å²) in [6.45, 7) is 6.61. The van der Waals surface area contributed by atoms with Crippen LogP contribution >= 0.6 is 0 Å². The summed E-state index contributed by atoms with van der Waals surface area (Å²) in [5.41, 5.74) is 4.38. The first kappa shape index (κ1) is 17.0. The zero-order chi connectivity index (χ0) is 14.6. The van der Waals surface area contributed by atoms with Crippen LogP contribution in [0.2, 0.25) is 0 Å². The minimum atomic E-state index is 1.12. The lowest BCUT2D eigenvalue weighted by molar-refractivity contribution is 0.589. The van der Waals surface area contributed by atoms with Crippen molar-refractivity contribution in [3.63, 3.8) is 0 Å². The van der Waals surface area contributed by atoms with E-state index in [4.69, 9.17) is 0 Å². The van der Waals surface area contributed by atoms with Crippen LogP contribution in [0.1, 0.15) is 82.4 Å². The summed E-state index contributed by atoms with van der Waals surface area (Å²) in [6.07, 6.45) is 16.5. The average Bonchev–Trinajstić information content (AvgIpc) is 2.47. The van der Waals surface area contributed by atoms with E-state index in [1.165, 1.54) is 68.1 Å². The Bertz CT molecular complexity index is 387. The van der Waals surface area contributed by atoms with Gasteiger partial charge >= 0.3 is 0 Å². The van der Waals surface area contributed by atoms with E-state index in [2.05, 4.69) is 51.1 Å². The Morgan fingerprint density at radius 1 is 0.900 bits per heavy atom. The van der Waals surface area contributed by atoms with Crippen LogP contribution in [-0.2, 0) is 12.8 Å². The molecule has 0 heteroatoms. The second kappa shape index (κ2) is 10.7. The fourth-order valence-electron chi connectivity index (χ4n) is 2.74. The molecule has 0 saturated carbocycles. The normalized spacial score (nSPS) is 11.3. The van der Waals surface area contributed by atoms with E-state index < -0.39 is 0 Å². The molecule has 0 spiro atoms. The first-order valence-electron chi connectivity index (χ1n) is 8.56. The maximum absolute atomic E-state index is 2.38. The van der Waals surface area contributed by atoms with Crippen LogP contribution in [-0.4, -0.2) is 0 Å². The summed E-state index contributed by atoms with van der Waals surface area (Å²) in [7, 11) is 0. The van der Waals surface area contributed by atoms with Gasteiger partial charge in [0, 0.05) is 0 Å². The van der Waals surface area contributed by atoms with Gasteiger partial charge < -0.3 is 0 Å². The summed E-state index contributed by atoms with van der Waals surface area (Å²) in [5.74, 6) is 0. The molecular weight excluding hydrogens is 240 g/mol. The summed E-state index contributed by atoms with van der Waals surface area (Å²) in [6, 6.07) is 7.02. The molecule has 0 saturated heterocycles. The van der Waals surface area contributed by atoms with Crippen LogP contribution in [0.25, 0.3) is 6.08 Å². The fraction of sp³-hybridized carbons (Fsp3) is 0.600. The van der Waals surface area contributed by atoms with E-state index in [9.17, 15) is 0 Å². The quantitative estimate of drug-likeness (QED) is 0.422. The highest BCUT2D eigenvalue weighted by atomic mass is 14.1. The molecule has 1 rings (SSSR count). The van der Waals surface area contributed by atoms with Gasteiger partial charge in [0.15, 0.2) is 0 Å². The van der Waals surface area contributed by atoms with Gasteiger partial charge in [-0.25, -0.2) is 0 Å². The highest BCUT2D eigenvalue weighted by molar-refractivity contribution is 5.54. The molecule has 0 heterocycles. The lowest BCUT2D eigenvalue weighted by Gasteiger charge is -2.08. The molecule has 112 valence electrons. The van der Waals surface area contributed by atoms with Gasteiger partial charge in [0.05, 0.1) is 0 Å². The third-order valence-corrected chi connectivity index (χ3v) is 4.01. The Labute approximate surface area is 126 Å². The van der Waals surface area contributed by atoms with E-state index in [1.807, 2.05) is 0 Å². The summed E-state index contributed by atoms with van der Waals surface area (Å²) in [5, 5.41) is 0. The molecule has 0 radical (unpaired) electrons. The Morgan fingerprint density at radius 3 is 2.25 bits per heavy atom. The van der Waals surface area contributed by atoms with Crippen LogP contribution in [0.4, 0.5) is 0 Å². The lowest BCUT2D eigenvalue weighted by atomic mass is 9.98. The smallest absolute Gasteiger partial charge is 0.0225 e. The van der Waals surface area contributed by atoms with Crippen molar-refractivity contribution in [3.8, 4) is 0 Å². The van der Waals surface area contributed by atoms with Crippen molar-refractivity contribution in [1.82, 2.24) is 0 Å². The van der Waals surface area contributed by atoms with E-state index in [0.717, 1.165) is 6.42 Å². The van der Waals surface area contributed by atoms with Gasteiger partial charge in [-0.1, -0.05) is 82.7 Å². The molecule has 0 N–H and O–H groups in total. The Morgan fingerprint density at radius 2 is 1.60 bits per heavy atom. The average molecular weight is 272 g/mol. The third kappa shape index (κ3) is 6.41. The standard InChI is InChI=1S/C20H32/c1-4-7-8-9-10-11-12-14-18-15-16-19(6-3)20(17-18)13-5-2/h5,13,15-17H,4,6-12,14H2,1-3H3/b13-5+. The van der Waals surface area contributed by atoms with Gasteiger partial charge in [-0.3, -0.25) is 0 Å². The van der Waals surface area contributed by atoms with Crippen molar-refractivity contribution in [2.24, 2.45) is 0 Å². The maximum atomic E-state index is 2.38. The molecule has 0 aliphatic rings. The highest BCUT2D eigenvalue weighted by Gasteiger charge is 2.00. The van der Waals surface area contributed by atoms with Crippen molar-refractivity contribution in [2.45, 2.75) is 78.6 Å². The van der Waals surface area contributed by atoms with Crippen molar-refractivity contribution in [1.29, 1.82) is 0 Å². The van der Waals surface area contributed by atoms with Crippen molar-refractivity contribution in [3.05, 3.63) is 41.0 Å². The molecule has 0 aliphatic carbocycles. The number of benzene rings is 1. The lowest BCUT2D eigenvalue weighted by Crippen LogP contribution is -1.92. The summed E-state index contributed by atoms with van der Waals surface area (Å²) >= 11 is 0. The topological polar surface area (TPSA) is 0 Å². The minimum Gasteiger partial charge on any atom is -0.0871 e. The number of hydrogen-bond donors (Lipinski definition) is 0. The number of rotatable bonds is 10. The van der Waals surface area contributed by atoms with Crippen LogP contribution < -0.4 is 0 Å². The van der Waals surface area contributed by atoms with Gasteiger partial charge in [-0.2, -0.15) is 0 Å². The molecule has 1 aromatic rings. The molecule has 0 atom stereocenters. The van der Waals surface area contributed by atoms with E-state index >= 15 is 0 Å². The third-order valence-electron chi connectivity index (χ3n) is 4.01. The first-order valence-corrected chi connectivity index (χ1v) is 8.56. The summed E-state index contributed by atoms with van der Waals surface area (Å²) in [4.78, 5) is 0. The SMILES string of the molecule is C/C=C/c1cc(CCCCCCCCC)ccc1CC. The van der Waals surface area contributed by atoms with E-state index in [1.54, 1.807) is 0 Å². The molecule has 0 fully saturated rings. The van der Waals surface area contributed by atoms with Crippen molar-refractivity contribution in [2.75, 3.05) is 0 Å². The predicted molar refractivity (Wildman–Crippen MR) is 92.2 cm³/mol. The zero-order valence-corrected chi connectivity index (χ0v) is 13.8. The molecule has 1 aromatic carbocycles. The molecular formula is C20H32. The van der Waals surface area contributed by atoms with Gasteiger partial charge in [-0.15, -0.1) is 0 Å². The van der Waals surface area contributed by atoms with E-state index in [-0.39, 0.29) is 0 Å². The van der Waals surface area contributed by atoms with Crippen LogP contribution in [0.15, 0.2) is 24.3 Å². The fourth-order valence-corrected chi connectivity index (χ4v) is 2.74. The van der Waals surface area contributed by atoms with Crippen LogP contribution in [0, 0.1) is 0 Å². The number of unbranched alkanes of at least 4 members (excludes halogenated alkanes) is 6. The first-order chi connectivity index (χ1) is 9.81. The molecule has 0 aliphatic heterocycles. The summed E-state index contributed by atoms with van der Waals surface area (Å²) < 4.78 is 0. The van der Waals surface area contributed by atoms with Crippen LogP contribution in [0.3, 0.4) is 0 Å². The van der Waals surface area contributed by atoms with Crippen molar-refractivity contribution >= 4 is 6.08 Å². The van der Waals surface area contributed by atoms with Gasteiger partial charge in [0.2, 0.25) is 0 Å². The molecule has 0 nitrogen and oxygen atoms in total. The monoisotopic (exact) mass is 272 g/mol. The molecule has 20 heavy (non-hydrogen) atoms. The molecule has 0 amide bonds. The largest absolute Gasteiger partial charge is 0.0871 e. The van der Waals surface area contributed by atoms with Gasteiger partial charge in [0.1, 0.15) is 0 Å². The number of allylic oxidation sites excluding steroid dienone is 1. The highest BCUT2D eigenvalue weighted by Crippen LogP contribution is 2.17. The van der Waals surface area contributed by atoms with Crippen LogP contribution in [0.5, 0.6) is 0 Å². The van der Waals surface area contributed by atoms with Gasteiger partial charge in [0.25, 0.3) is 0 Å². The maximum Gasteiger partial charge on any atom is -0.0225 e. The predicted octanol–water partition coefficient (Wildman–Crippen LogP) is 6.58. The van der Waals surface area contributed by atoms with Crippen molar-refractivity contribution < 1.29 is 0 Å². The molecule has 0 unspecified atom stereocenters. The minimum absolute atomic E-state index is 1.12. The number of aryl methyl sites for hydroxylation is 2. The second-order valence-corrected chi connectivity index (χ2v) is 5.76. The van der Waals surface area contributed by atoms with Gasteiger partial charge in [-0.05, 0) is 42.9 Å². The Kier molecular flexibility index (Phi) is 9.11. The Balaban J connectivity index is 2.35. The molecule has 0 bridgehead atoms. The Hall–Kier alpha value is -1.04. The van der Waals surface area contributed by atoms with E-state index in [0.29, 0.717) is 0 Å².